The van der Waals surface area contributed by atoms with Crippen molar-refractivity contribution in [2.24, 2.45) is 0 Å². The summed E-state index contributed by atoms with van der Waals surface area (Å²) in [6.07, 6.45) is -0.735. The van der Waals surface area contributed by atoms with Crippen LogP contribution in [0.2, 0.25) is 0 Å². The Labute approximate surface area is 210 Å². The third kappa shape index (κ3) is 6.02. The molecule has 188 valence electrons. The molecule has 0 unspecified atom stereocenters. The van der Waals surface area contributed by atoms with Gasteiger partial charge in [-0.25, -0.2) is 0 Å². The molecule has 0 aromatic heterocycles. The van der Waals surface area contributed by atoms with Crippen LogP contribution in [0.15, 0.2) is 72.8 Å². The number of morpholine rings is 1. The third-order valence-electron chi connectivity index (χ3n) is 6.19. The normalized spacial score (nSPS) is 16.4. The minimum atomic E-state index is -0.965. The molecule has 3 aromatic carbocycles. The zero-order chi connectivity index (χ0) is 25.5. The lowest BCUT2D eigenvalue weighted by molar-refractivity contribution is -0.155. The molecule has 0 saturated carbocycles. The molecule has 1 heterocycles. The van der Waals surface area contributed by atoms with Gasteiger partial charge in [-0.05, 0) is 41.5 Å². The van der Waals surface area contributed by atoms with E-state index in [9.17, 15) is 14.7 Å². The van der Waals surface area contributed by atoms with Crippen LogP contribution in [0.3, 0.4) is 0 Å². The van der Waals surface area contributed by atoms with Crippen molar-refractivity contribution in [3.8, 4) is 11.5 Å². The fraction of sp³-hybridized carbons (Fsp3) is 0.286. The maximum atomic E-state index is 12.7. The van der Waals surface area contributed by atoms with Crippen molar-refractivity contribution in [1.29, 1.82) is 0 Å². The fourth-order valence-corrected chi connectivity index (χ4v) is 4.23. The highest BCUT2D eigenvalue weighted by Gasteiger charge is 2.35. The van der Waals surface area contributed by atoms with Crippen molar-refractivity contribution < 1.29 is 28.9 Å². The summed E-state index contributed by atoms with van der Waals surface area (Å²) >= 11 is 0. The number of aliphatic hydroxyl groups excluding tert-OH is 1. The lowest BCUT2D eigenvalue weighted by Gasteiger charge is -2.38. The van der Waals surface area contributed by atoms with Crippen molar-refractivity contribution in [3.05, 3.63) is 89.5 Å². The summed E-state index contributed by atoms with van der Waals surface area (Å²) in [5.41, 5.74) is 2.96. The van der Waals surface area contributed by atoms with Crippen LogP contribution in [0, 0.1) is 0 Å². The molecular weight excluding hydrogens is 460 g/mol. The maximum Gasteiger partial charge on any atom is 0.249 e. The Morgan fingerprint density at radius 2 is 1.78 bits per heavy atom. The zero-order valence-electron chi connectivity index (χ0n) is 20.3. The fourth-order valence-electron chi connectivity index (χ4n) is 4.23. The van der Waals surface area contributed by atoms with Crippen LogP contribution in [-0.4, -0.2) is 55.3 Å². The highest BCUT2D eigenvalue weighted by molar-refractivity contribution is 5.92. The van der Waals surface area contributed by atoms with Crippen molar-refractivity contribution in [2.75, 3.05) is 32.8 Å². The second kappa shape index (κ2) is 11.7. The summed E-state index contributed by atoms with van der Waals surface area (Å²) in [4.78, 5) is 26.8. The predicted octanol–water partition coefficient (Wildman–Crippen LogP) is 3.35. The number of rotatable bonds is 9. The summed E-state index contributed by atoms with van der Waals surface area (Å²) in [5.74, 6) is 1.07. The SMILES string of the molecule is COc1ccc(CC(=O)Nc2ccc([C@@H](O)[C@H]3COCC(=O)N3Cc3ccccc3OC)cc2)cc1. The van der Waals surface area contributed by atoms with E-state index in [-0.39, 0.29) is 31.4 Å². The van der Waals surface area contributed by atoms with Crippen LogP contribution < -0.4 is 14.8 Å². The van der Waals surface area contributed by atoms with Gasteiger partial charge < -0.3 is 29.5 Å². The first-order valence-electron chi connectivity index (χ1n) is 11.7. The lowest BCUT2D eigenvalue weighted by atomic mass is 9.99. The van der Waals surface area contributed by atoms with Crippen LogP contribution in [0.25, 0.3) is 0 Å². The van der Waals surface area contributed by atoms with Gasteiger partial charge in [0.25, 0.3) is 0 Å². The summed E-state index contributed by atoms with van der Waals surface area (Å²) in [6, 6.07) is 21.2. The molecule has 8 nitrogen and oxygen atoms in total. The Kier molecular flexibility index (Phi) is 8.20. The molecule has 3 aromatic rings. The van der Waals surface area contributed by atoms with Gasteiger partial charge >= 0.3 is 0 Å². The number of carbonyl (C=O) groups is 2. The largest absolute Gasteiger partial charge is 0.497 e. The standard InChI is InChI=1S/C28H30N2O6/c1-34-23-13-7-19(8-14-23)15-26(31)29-22-11-9-20(10-12-22)28(33)24-17-36-18-27(32)30(24)16-21-5-3-4-6-25(21)35-2/h3-14,24,28,33H,15-18H2,1-2H3,(H,29,31)/t24-,28-/m1/s1. The topological polar surface area (TPSA) is 97.3 Å². The highest BCUT2D eigenvalue weighted by Crippen LogP contribution is 2.28. The molecular formula is C28H30N2O6. The molecule has 4 rings (SSSR count). The number of methoxy groups -OCH3 is 2. The second-order valence-corrected chi connectivity index (χ2v) is 8.56. The van der Waals surface area contributed by atoms with Gasteiger partial charge in [-0.1, -0.05) is 42.5 Å². The van der Waals surface area contributed by atoms with Gasteiger partial charge in [0, 0.05) is 17.8 Å². The van der Waals surface area contributed by atoms with Gasteiger partial charge in [0.2, 0.25) is 11.8 Å². The molecule has 0 bridgehead atoms. The Hall–Kier alpha value is -3.88. The molecule has 0 radical (unpaired) electrons. The van der Waals surface area contributed by atoms with Crippen LogP contribution in [0.4, 0.5) is 5.69 Å². The van der Waals surface area contributed by atoms with Crippen molar-refractivity contribution in [1.82, 2.24) is 4.90 Å². The number of hydrogen-bond acceptors (Lipinski definition) is 6. The number of nitrogens with one attached hydrogen (secondary N) is 1. The third-order valence-corrected chi connectivity index (χ3v) is 6.19. The molecule has 2 amide bonds. The molecule has 1 saturated heterocycles. The number of aliphatic hydroxyl groups is 1. The Morgan fingerprint density at radius 1 is 1.06 bits per heavy atom. The van der Waals surface area contributed by atoms with E-state index in [4.69, 9.17) is 14.2 Å². The van der Waals surface area contributed by atoms with Gasteiger partial charge in [0.05, 0.1) is 33.3 Å². The molecule has 2 atom stereocenters. The van der Waals surface area contributed by atoms with E-state index in [1.807, 2.05) is 48.5 Å². The van der Waals surface area contributed by atoms with E-state index in [1.165, 1.54) is 0 Å². The van der Waals surface area contributed by atoms with E-state index >= 15 is 0 Å². The van der Waals surface area contributed by atoms with E-state index in [1.54, 1.807) is 43.4 Å². The van der Waals surface area contributed by atoms with E-state index in [0.29, 0.717) is 23.5 Å². The molecule has 0 aliphatic carbocycles. The average molecular weight is 491 g/mol. The number of para-hydroxylation sites is 1. The maximum absolute atomic E-state index is 12.7. The van der Waals surface area contributed by atoms with E-state index in [0.717, 1.165) is 16.9 Å². The second-order valence-electron chi connectivity index (χ2n) is 8.56. The number of amides is 2. The predicted molar refractivity (Wildman–Crippen MR) is 135 cm³/mol. The van der Waals surface area contributed by atoms with Gasteiger partial charge in [-0.2, -0.15) is 0 Å². The summed E-state index contributed by atoms with van der Waals surface area (Å²) in [5, 5.41) is 14.0. The van der Waals surface area contributed by atoms with Crippen LogP contribution >= 0.6 is 0 Å². The van der Waals surface area contributed by atoms with Crippen LogP contribution in [0.1, 0.15) is 22.8 Å². The van der Waals surface area contributed by atoms with E-state index < -0.39 is 12.1 Å². The van der Waals surface area contributed by atoms with Gasteiger partial charge in [0.15, 0.2) is 0 Å². The van der Waals surface area contributed by atoms with Crippen LogP contribution in [0.5, 0.6) is 11.5 Å². The van der Waals surface area contributed by atoms with Crippen molar-refractivity contribution >= 4 is 17.5 Å². The molecule has 1 aliphatic heterocycles. The first-order chi connectivity index (χ1) is 17.5. The molecule has 2 N–H and O–H groups in total. The Balaban J connectivity index is 1.41. The minimum Gasteiger partial charge on any atom is -0.497 e. The summed E-state index contributed by atoms with van der Waals surface area (Å²) < 4.78 is 16.0. The van der Waals surface area contributed by atoms with Gasteiger partial charge in [0.1, 0.15) is 24.2 Å². The summed E-state index contributed by atoms with van der Waals surface area (Å²) in [7, 11) is 3.18. The summed E-state index contributed by atoms with van der Waals surface area (Å²) in [6.45, 7) is 0.480. The Bertz CT molecular complexity index is 1180. The van der Waals surface area contributed by atoms with Crippen molar-refractivity contribution in [2.45, 2.75) is 25.1 Å². The smallest absolute Gasteiger partial charge is 0.249 e. The highest BCUT2D eigenvalue weighted by atomic mass is 16.5. The number of hydrogen-bond donors (Lipinski definition) is 2. The number of ether oxygens (including phenoxy) is 3. The minimum absolute atomic E-state index is 0.0302. The first kappa shape index (κ1) is 25.2. The number of benzene rings is 3. The van der Waals surface area contributed by atoms with Crippen molar-refractivity contribution in [3.63, 3.8) is 0 Å². The van der Waals surface area contributed by atoms with Crippen LogP contribution in [-0.2, 0) is 27.3 Å². The average Bonchev–Trinajstić information content (AvgIpc) is 2.90. The lowest BCUT2D eigenvalue weighted by Crippen LogP contribution is -2.51. The Morgan fingerprint density at radius 3 is 2.47 bits per heavy atom. The quantitative estimate of drug-likeness (QED) is 0.478. The molecule has 36 heavy (non-hydrogen) atoms. The molecule has 1 fully saturated rings. The molecule has 1 aliphatic rings. The number of nitrogens with zero attached hydrogens (tertiary/aromatic N) is 1. The first-order valence-corrected chi connectivity index (χ1v) is 11.7. The van der Waals surface area contributed by atoms with Gasteiger partial charge in [-0.15, -0.1) is 0 Å². The van der Waals surface area contributed by atoms with Gasteiger partial charge in [-0.3, -0.25) is 9.59 Å². The molecule has 8 heteroatoms. The number of carbonyl (C=O) groups excluding carboxylic acids is 2. The number of anilines is 1. The monoisotopic (exact) mass is 490 g/mol. The zero-order valence-corrected chi connectivity index (χ0v) is 20.3. The van der Waals surface area contributed by atoms with E-state index in [2.05, 4.69) is 5.32 Å². The molecule has 0 spiro atoms.